The number of amides is 2. The maximum atomic E-state index is 13.5. The SMILES string of the molecule is CC1=C(C(=O)Nc2ccccc2C)[C@@H](c2ccco2)C(C#N)=C(SCC(=O)Nc2ccccc2C)N1. The summed E-state index contributed by atoms with van der Waals surface area (Å²) in [5.74, 6) is -0.669. The molecule has 0 saturated carbocycles. The molecule has 3 N–H and O–H groups in total. The molecule has 7 nitrogen and oxygen atoms in total. The molecular weight excluding hydrogens is 472 g/mol. The van der Waals surface area contributed by atoms with Crippen LogP contribution in [0.2, 0.25) is 0 Å². The second kappa shape index (κ2) is 11.0. The van der Waals surface area contributed by atoms with Crippen molar-refractivity contribution in [2.24, 2.45) is 0 Å². The number of anilines is 2. The predicted octanol–water partition coefficient (Wildman–Crippen LogP) is 5.60. The molecule has 36 heavy (non-hydrogen) atoms. The number of furan rings is 1. The fraction of sp³-hybridized carbons (Fsp3) is 0.179. The second-order valence-electron chi connectivity index (χ2n) is 8.39. The Morgan fingerprint density at radius 1 is 0.972 bits per heavy atom. The van der Waals surface area contributed by atoms with Crippen molar-refractivity contribution in [1.82, 2.24) is 5.32 Å². The Hall–Kier alpha value is -4.22. The lowest BCUT2D eigenvalue weighted by Crippen LogP contribution is -2.31. The summed E-state index contributed by atoms with van der Waals surface area (Å²) in [5.41, 5.74) is 4.62. The number of thioether (sulfide) groups is 1. The Morgan fingerprint density at radius 2 is 1.61 bits per heavy atom. The molecule has 0 radical (unpaired) electrons. The zero-order valence-corrected chi connectivity index (χ0v) is 21.0. The third kappa shape index (κ3) is 5.37. The number of allylic oxidation sites excluding steroid dienone is 2. The lowest BCUT2D eigenvalue weighted by molar-refractivity contribution is -0.114. The Morgan fingerprint density at radius 3 is 2.19 bits per heavy atom. The van der Waals surface area contributed by atoms with E-state index < -0.39 is 5.92 Å². The van der Waals surface area contributed by atoms with Crippen LogP contribution in [-0.4, -0.2) is 17.6 Å². The van der Waals surface area contributed by atoms with Crippen LogP contribution in [0.15, 0.2) is 93.2 Å². The summed E-state index contributed by atoms with van der Waals surface area (Å²) in [6.45, 7) is 5.62. The Labute approximate surface area is 214 Å². The number of hydrogen-bond acceptors (Lipinski definition) is 6. The van der Waals surface area contributed by atoms with E-state index in [1.54, 1.807) is 19.1 Å². The molecule has 1 aliphatic rings. The topological polar surface area (TPSA) is 107 Å². The van der Waals surface area contributed by atoms with Gasteiger partial charge in [0.1, 0.15) is 5.76 Å². The van der Waals surface area contributed by atoms with Crippen molar-refractivity contribution in [3.05, 3.63) is 106 Å². The van der Waals surface area contributed by atoms with Crippen molar-refractivity contribution in [3.63, 3.8) is 0 Å². The molecule has 182 valence electrons. The highest BCUT2D eigenvalue weighted by Crippen LogP contribution is 2.41. The maximum absolute atomic E-state index is 13.5. The van der Waals surface area contributed by atoms with Crippen molar-refractivity contribution in [2.75, 3.05) is 16.4 Å². The maximum Gasteiger partial charge on any atom is 0.254 e. The van der Waals surface area contributed by atoms with Gasteiger partial charge in [-0.2, -0.15) is 5.26 Å². The first-order valence-corrected chi connectivity index (χ1v) is 12.4. The largest absolute Gasteiger partial charge is 0.468 e. The third-order valence-corrected chi connectivity index (χ3v) is 6.90. The quantitative estimate of drug-likeness (QED) is 0.391. The molecule has 0 bridgehead atoms. The first-order chi connectivity index (χ1) is 17.4. The first kappa shape index (κ1) is 24.9. The smallest absolute Gasteiger partial charge is 0.254 e. The number of carbonyl (C=O) groups excluding carboxylic acids is 2. The van der Waals surface area contributed by atoms with Crippen molar-refractivity contribution in [3.8, 4) is 6.07 Å². The molecule has 8 heteroatoms. The summed E-state index contributed by atoms with van der Waals surface area (Å²) < 4.78 is 5.66. The highest BCUT2D eigenvalue weighted by Gasteiger charge is 2.36. The van der Waals surface area contributed by atoms with Gasteiger partial charge in [0.25, 0.3) is 5.91 Å². The molecule has 0 aliphatic carbocycles. The van der Waals surface area contributed by atoms with Crippen molar-refractivity contribution < 1.29 is 14.0 Å². The Bertz CT molecular complexity index is 1400. The summed E-state index contributed by atoms with van der Waals surface area (Å²) >= 11 is 1.21. The van der Waals surface area contributed by atoms with Gasteiger partial charge >= 0.3 is 0 Å². The van der Waals surface area contributed by atoms with Crippen LogP contribution in [0.5, 0.6) is 0 Å². The zero-order valence-electron chi connectivity index (χ0n) is 20.2. The molecule has 3 aromatic rings. The van der Waals surface area contributed by atoms with E-state index in [9.17, 15) is 14.9 Å². The molecule has 4 rings (SSSR count). The molecular formula is C28H26N4O3S. The van der Waals surface area contributed by atoms with Gasteiger partial charge in [-0.05, 0) is 56.2 Å². The summed E-state index contributed by atoms with van der Waals surface area (Å²) in [6.07, 6.45) is 1.51. The highest BCUT2D eigenvalue weighted by molar-refractivity contribution is 8.03. The number of nitrogens with zero attached hydrogens (tertiary/aromatic N) is 1. The van der Waals surface area contributed by atoms with E-state index in [4.69, 9.17) is 4.42 Å². The molecule has 0 fully saturated rings. The minimum absolute atomic E-state index is 0.0880. The van der Waals surface area contributed by atoms with Gasteiger partial charge in [-0.3, -0.25) is 9.59 Å². The first-order valence-electron chi connectivity index (χ1n) is 11.4. The van der Waals surface area contributed by atoms with Crippen LogP contribution in [0.3, 0.4) is 0 Å². The third-order valence-electron chi connectivity index (χ3n) is 5.88. The van der Waals surface area contributed by atoms with Crippen LogP contribution in [0, 0.1) is 25.2 Å². The van der Waals surface area contributed by atoms with Gasteiger partial charge in [0.15, 0.2) is 0 Å². The Kier molecular flexibility index (Phi) is 7.62. The van der Waals surface area contributed by atoms with Gasteiger partial charge in [-0.15, -0.1) is 0 Å². The van der Waals surface area contributed by atoms with Crippen LogP contribution in [0.4, 0.5) is 11.4 Å². The molecule has 1 atom stereocenters. The minimum atomic E-state index is -0.711. The number of rotatable bonds is 7. The normalized spacial score (nSPS) is 15.2. The number of nitriles is 1. The van der Waals surface area contributed by atoms with Crippen molar-refractivity contribution in [1.29, 1.82) is 5.26 Å². The zero-order chi connectivity index (χ0) is 25.7. The standard InChI is InChI=1S/C28H26N4O3S/c1-17-9-4-6-11-21(17)31-24(33)16-36-28-20(15-29)26(23-13-8-14-35-23)25(19(3)30-28)27(34)32-22-12-7-5-10-18(22)2/h4-14,26,30H,16H2,1-3H3,(H,31,33)(H,32,34)/t26-/m1/s1. The van der Waals surface area contributed by atoms with Crippen LogP contribution in [0.25, 0.3) is 0 Å². The lowest BCUT2D eigenvalue weighted by atomic mass is 9.85. The fourth-order valence-electron chi connectivity index (χ4n) is 4.01. The van der Waals surface area contributed by atoms with Crippen LogP contribution < -0.4 is 16.0 Å². The van der Waals surface area contributed by atoms with E-state index in [0.29, 0.717) is 33.3 Å². The van der Waals surface area contributed by atoms with Gasteiger partial charge in [-0.1, -0.05) is 48.2 Å². The van der Waals surface area contributed by atoms with E-state index in [1.807, 2.05) is 62.4 Å². The van der Waals surface area contributed by atoms with Crippen LogP contribution in [-0.2, 0) is 9.59 Å². The Balaban J connectivity index is 1.60. The number of nitrogens with one attached hydrogen (secondary N) is 3. The molecule has 0 unspecified atom stereocenters. The fourth-order valence-corrected chi connectivity index (χ4v) is 4.90. The van der Waals surface area contributed by atoms with Gasteiger partial charge < -0.3 is 20.4 Å². The van der Waals surface area contributed by atoms with E-state index >= 15 is 0 Å². The van der Waals surface area contributed by atoms with E-state index in [-0.39, 0.29) is 17.6 Å². The average Bonchev–Trinajstić information content (AvgIpc) is 3.39. The summed E-state index contributed by atoms with van der Waals surface area (Å²) in [5, 5.41) is 19.7. The molecule has 1 aromatic heterocycles. The molecule has 2 heterocycles. The monoisotopic (exact) mass is 498 g/mol. The summed E-state index contributed by atoms with van der Waals surface area (Å²) in [7, 11) is 0. The second-order valence-corrected chi connectivity index (χ2v) is 9.37. The van der Waals surface area contributed by atoms with Crippen molar-refractivity contribution >= 4 is 35.0 Å². The molecule has 2 amide bonds. The molecule has 1 aliphatic heterocycles. The lowest BCUT2D eigenvalue weighted by Gasteiger charge is -2.28. The predicted molar refractivity (Wildman–Crippen MR) is 142 cm³/mol. The molecule has 2 aromatic carbocycles. The molecule has 0 saturated heterocycles. The number of aryl methyl sites for hydroxylation is 2. The van der Waals surface area contributed by atoms with E-state index in [0.717, 1.165) is 16.8 Å². The summed E-state index contributed by atoms with van der Waals surface area (Å²) in [6, 6.07) is 20.7. The number of para-hydroxylation sites is 2. The van der Waals surface area contributed by atoms with Crippen LogP contribution in [0.1, 0.15) is 29.7 Å². The van der Waals surface area contributed by atoms with Crippen LogP contribution >= 0.6 is 11.8 Å². The van der Waals surface area contributed by atoms with Gasteiger partial charge in [-0.25, -0.2) is 0 Å². The minimum Gasteiger partial charge on any atom is -0.468 e. The number of dihydropyridines is 1. The number of hydrogen-bond donors (Lipinski definition) is 3. The van der Waals surface area contributed by atoms with Gasteiger partial charge in [0.05, 0.1) is 40.2 Å². The number of benzene rings is 2. The van der Waals surface area contributed by atoms with Crippen molar-refractivity contribution in [2.45, 2.75) is 26.7 Å². The average molecular weight is 499 g/mol. The molecule has 0 spiro atoms. The van der Waals surface area contributed by atoms with E-state index in [1.165, 1.54) is 18.0 Å². The highest BCUT2D eigenvalue weighted by atomic mass is 32.2. The van der Waals surface area contributed by atoms with E-state index in [2.05, 4.69) is 22.0 Å². The number of carbonyl (C=O) groups is 2. The van der Waals surface area contributed by atoms with Gasteiger partial charge in [0.2, 0.25) is 5.91 Å². The summed E-state index contributed by atoms with van der Waals surface area (Å²) in [4.78, 5) is 26.1. The van der Waals surface area contributed by atoms with Gasteiger partial charge in [0, 0.05) is 17.1 Å².